The lowest BCUT2D eigenvalue weighted by atomic mass is 10.0. The molecule has 0 amide bonds. The Labute approximate surface area is 168 Å². The molecule has 5 rings (SSSR count). The van der Waals surface area contributed by atoms with Crippen molar-refractivity contribution < 1.29 is 9.47 Å². The second-order valence-electron chi connectivity index (χ2n) is 6.95. The first kappa shape index (κ1) is 17.2. The lowest BCUT2D eigenvalue weighted by molar-refractivity contribution is 0.174. The minimum Gasteiger partial charge on any atom is -0.454 e. The average molecular weight is 378 g/mol. The summed E-state index contributed by atoms with van der Waals surface area (Å²) in [4.78, 5) is 0. The van der Waals surface area contributed by atoms with Gasteiger partial charge in [0.1, 0.15) is 0 Å². The molecule has 1 aliphatic rings. The first-order valence-electron chi connectivity index (χ1n) is 9.45. The molecule has 4 heteroatoms. The van der Waals surface area contributed by atoms with Crippen molar-refractivity contribution in [2.45, 2.75) is 6.54 Å². The van der Waals surface area contributed by atoms with Crippen LogP contribution < -0.4 is 9.47 Å². The molecular weight excluding hydrogens is 360 g/mol. The Morgan fingerprint density at radius 3 is 2.62 bits per heavy atom. The number of hydrogen-bond donors (Lipinski definition) is 0. The quantitative estimate of drug-likeness (QED) is 0.442. The van der Waals surface area contributed by atoms with Gasteiger partial charge in [0.15, 0.2) is 11.5 Å². The second-order valence-corrected chi connectivity index (χ2v) is 6.95. The van der Waals surface area contributed by atoms with Gasteiger partial charge in [-0.05, 0) is 41.5 Å². The molecule has 29 heavy (non-hydrogen) atoms. The molecule has 2 heterocycles. The molecule has 0 aliphatic carbocycles. The maximum absolute atomic E-state index is 9.81. The highest BCUT2D eigenvalue weighted by Gasteiger charge is 2.15. The van der Waals surface area contributed by atoms with Crippen molar-refractivity contribution in [2.24, 2.45) is 0 Å². The van der Waals surface area contributed by atoms with E-state index in [1.807, 2.05) is 42.5 Å². The van der Waals surface area contributed by atoms with Gasteiger partial charge in [-0.25, -0.2) is 0 Å². The Morgan fingerprint density at radius 2 is 1.76 bits per heavy atom. The van der Waals surface area contributed by atoms with Crippen LogP contribution in [0.4, 0.5) is 0 Å². The van der Waals surface area contributed by atoms with E-state index < -0.39 is 0 Å². The number of hydrogen-bond acceptors (Lipinski definition) is 3. The van der Waals surface area contributed by atoms with Crippen LogP contribution >= 0.6 is 0 Å². The monoisotopic (exact) mass is 378 g/mol. The van der Waals surface area contributed by atoms with Gasteiger partial charge in [-0.3, -0.25) is 0 Å². The second kappa shape index (κ2) is 7.21. The van der Waals surface area contributed by atoms with Gasteiger partial charge < -0.3 is 14.0 Å². The summed E-state index contributed by atoms with van der Waals surface area (Å²) in [7, 11) is 0. The van der Waals surface area contributed by atoms with E-state index >= 15 is 0 Å². The highest BCUT2D eigenvalue weighted by Crippen LogP contribution is 2.35. The molecule has 0 fully saturated rings. The Balaban J connectivity index is 1.58. The van der Waals surface area contributed by atoms with Crippen molar-refractivity contribution in [3.05, 3.63) is 95.7 Å². The predicted octanol–water partition coefficient (Wildman–Crippen LogP) is 5.48. The summed E-state index contributed by atoms with van der Waals surface area (Å²) in [5, 5.41) is 10.9. The Kier molecular flexibility index (Phi) is 4.27. The number of allylic oxidation sites excluding steroid dienone is 1. The SMILES string of the molecule is N#C/C(=C/c1cn(Cc2ccccc2)c2ccccc12)c1ccc2c(c1)OCO2. The molecule has 0 radical (unpaired) electrons. The number of ether oxygens (including phenoxy) is 2. The summed E-state index contributed by atoms with van der Waals surface area (Å²) in [5.74, 6) is 1.39. The molecule has 3 aromatic carbocycles. The van der Waals surface area contributed by atoms with Gasteiger partial charge in [-0.15, -0.1) is 0 Å². The van der Waals surface area contributed by atoms with E-state index in [-0.39, 0.29) is 6.79 Å². The number of para-hydroxylation sites is 1. The van der Waals surface area contributed by atoms with Gasteiger partial charge in [-0.2, -0.15) is 5.26 Å². The molecule has 0 spiro atoms. The van der Waals surface area contributed by atoms with Crippen LogP contribution in [0.2, 0.25) is 0 Å². The van der Waals surface area contributed by atoms with E-state index in [1.54, 1.807) is 0 Å². The van der Waals surface area contributed by atoms with Crippen molar-refractivity contribution >= 4 is 22.6 Å². The molecular formula is C25H18N2O2. The van der Waals surface area contributed by atoms with Crippen molar-refractivity contribution in [3.8, 4) is 17.6 Å². The van der Waals surface area contributed by atoms with E-state index in [2.05, 4.69) is 53.2 Å². The molecule has 4 aromatic rings. The van der Waals surface area contributed by atoms with Crippen molar-refractivity contribution in [2.75, 3.05) is 6.79 Å². The molecule has 0 saturated carbocycles. The van der Waals surface area contributed by atoms with Crippen LogP contribution in [0.25, 0.3) is 22.6 Å². The summed E-state index contributed by atoms with van der Waals surface area (Å²) < 4.78 is 13.1. The molecule has 4 nitrogen and oxygen atoms in total. The summed E-state index contributed by atoms with van der Waals surface area (Å²) >= 11 is 0. The molecule has 1 aromatic heterocycles. The van der Waals surface area contributed by atoms with Crippen molar-refractivity contribution in [1.29, 1.82) is 5.26 Å². The van der Waals surface area contributed by atoms with Crippen LogP contribution in [-0.2, 0) is 6.54 Å². The summed E-state index contributed by atoms with van der Waals surface area (Å²) in [5.41, 5.74) is 4.80. The fourth-order valence-electron chi connectivity index (χ4n) is 3.70. The smallest absolute Gasteiger partial charge is 0.231 e. The van der Waals surface area contributed by atoms with Crippen LogP contribution in [0, 0.1) is 11.3 Å². The van der Waals surface area contributed by atoms with Crippen molar-refractivity contribution in [3.63, 3.8) is 0 Å². The highest BCUT2D eigenvalue weighted by atomic mass is 16.7. The summed E-state index contributed by atoms with van der Waals surface area (Å²) in [6.07, 6.45) is 4.06. The zero-order valence-corrected chi connectivity index (χ0v) is 15.7. The van der Waals surface area contributed by atoms with Gasteiger partial charge in [-0.1, -0.05) is 48.5 Å². The fourth-order valence-corrected chi connectivity index (χ4v) is 3.70. The van der Waals surface area contributed by atoms with Crippen LogP contribution in [0.15, 0.2) is 79.0 Å². The van der Waals surface area contributed by atoms with Gasteiger partial charge in [0.05, 0.1) is 11.6 Å². The summed E-state index contributed by atoms with van der Waals surface area (Å²) in [6, 6.07) is 26.6. The van der Waals surface area contributed by atoms with Crippen LogP contribution in [0.5, 0.6) is 11.5 Å². The molecule has 0 bridgehead atoms. The van der Waals surface area contributed by atoms with E-state index in [1.165, 1.54) is 5.56 Å². The number of nitrogens with zero attached hydrogens (tertiary/aromatic N) is 2. The lowest BCUT2D eigenvalue weighted by Gasteiger charge is -2.05. The molecule has 0 atom stereocenters. The van der Waals surface area contributed by atoms with E-state index in [9.17, 15) is 5.26 Å². The third-order valence-corrected chi connectivity index (χ3v) is 5.12. The van der Waals surface area contributed by atoms with Crippen LogP contribution in [0.3, 0.4) is 0 Å². The zero-order chi connectivity index (χ0) is 19.6. The fraction of sp³-hybridized carbons (Fsp3) is 0.0800. The van der Waals surface area contributed by atoms with Gasteiger partial charge >= 0.3 is 0 Å². The highest BCUT2D eigenvalue weighted by molar-refractivity contribution is 5.98. The third kappa shape index (κ3) is 3.24. The number of nitriles is 1. The van der Waals surface area contributed by atoms with E-state index in [4.69, 9.17) is 9.47 Å². The first-order chi connectivity index (χ1) is 14.3. The largest absolute Gasteiger partial charge is 0.454 e. The predicted molar refractivity (Wildman–Crippen MR) is 114 cm³/mol. The number of aromatic nitrogens is 1. The topological polar surface area (TPSA) is 47.2 Å². The van der Waals surface area contributed by atoms with Crippen LogP contribution in [0.1, 0.15) is 16.7 Å². The minimum atomic E-state index is 0.220. The van der Waals surface area contributed by atoms with Gasteiger partial charge in [0.25, 0.3) is 0 Å². The molecule has 140 valence electrons. The zero-order valence-electron chi connectivity index (χ0n) is 15.7. The Morgan fingerprint density at radius 1 is 0.966 bits per heavy atom. The van der Waals surface area contributed by atoms with Gasteiger partial charge in [0.2, 0.25) is 6.79 Å². The Bertz CT molecular complexity index is 1260. The standard InChI is InChI=1S/C25H18N2O2/c26-14-20(19-10-11-24-25(13-19)29-17-28-24)12-21-16-27(15-18-6-2-1-3-7-18)23-9-5-4-8-22(21)23/h1-13,16H,15,17H2/b20-12-. The number of fused-ring (bicyclic) bond motifs is 2. The maximum Gasteiger partial charge on any atom is 0.231 e. The first-order valence-corrected chi connectivity index (χ1v) is 9.45. The molecule has 0 unspecified atom stereocenters. The number of rotatable bonds is 4. The number of benzene rings is 3. The Hall–Kier alpha value is -3.97. The molecule has 0 N–H and O–H groups in total. The average Bonchev–Trinajstić information content (AvgIpc) is 3.37. The normalized spacial score (nSPS) is 12.9. The lowest BCUT2D eigenvalue weighted by Crippen LogP contribution is -1.97. The van der Waals surface area contributed by atoms with Crippen molar-refractivity contribution in [1.82, 2.24) is 4.57 Å². The molecule has 1 aliphatic heterocycles. The van der Waals surface area contributed by atoms with E-state index in [0.717, 1.165) is 28.6 Å². The minimum absolute atomic E-state index is 0.220. The van der Waals surface area contributed by atoms with Crippen LogP contribution in [-0.4, -0.2) is 11.4 Å². The maximum atomic E-state index is 9.81. The summed E-state index contributed by atoms with van der Waals surface area (Å²) in [6.45, 7) is 0.998. The van der Waals surface area contributed by atoms with E-state index in [0.29, 0.717) is 17.1 Å². The molecule has 0 saturated heterocycles. The third-order valence-electron chi connectivity index (χ3n) is 5.12. The van der Waals surface area contributed by atoms with Gasteiger partial charge in [0, 0.05) is 29.2 Å².